The molecule has 0 spiro atoms. The first-order valence-electron chi connectivity index (χ1n) is 20.0. The second kappa shape index (κ2) is 21.2. The number of nitrogens with one attached hydrogen (secondary N) is 2. The van der Waals surface area contributed by atoms with Crippen molar-refractivity contribution in [3.05, 3.63) is 152 Å². The van der Waals surface area contributed by atoms with Gasteiger partial charge in [-0.3, -0.25) is 20.2 Å². The second-order valence-corrected chi connectivity index (χ2v) is 15.0. The minimum absolute atomic E-state index is 0.102. The Bertz CT molecular complexity index is 2310. The fourth-order valence-electron chi connectivity index (χ4n) is 7.19. The average molecular weight is 903 g/mol. The van der Waals surface area contributed by atoms with Crippen molar-refractivity contribution in [3.8, 4) is 0 Å². The average Bonchev–Trinajstić information content (AvgIpc) is 3.81. The smallest absolute Gasteiger partial charge is 0.385 e. The number of halogens is 6. The Labute approximate surface area is 363 Å². The van der Waals surface area contributed by atoms with Crippen molar-refractivity contribution in [3.63, 3.8) is 0 Å². The van der Waals surface area contributed by atoms with Gasteiger partial charge in [0.25, 0.3) is 11.4 Å². The first kappa shape index (κ1) is 49.1. The van der Waals surface area contributed by atoms with Crippen molar-refractivity contribution in [2.45, 2.75) is 49.5 Å². The van der Waals surface area contributed by atoms with Crippen molar-refractivity contribution < 1.29 is 55.9 Å². The van der Waals surface area contributed by atoms with Crippen LogP contribution < -0.4 is 10.6 Å². The van der Waals surface area contributed by atoms with Crippen LogP contribution in [0.2, 0.25) is 0 Å². The van der Waals surface area contributed by atoms with Gasteiger partial charge in [0.05, 0.1) is 20.9 Å². The molecule has 14 nitrogen and oxygen atoms in total. The van der Waals surface area contributed by atoms with Gasteiger partial charge in [0, 0.05) is 112 Å². The number of rotatable bonds is 20. The van der Waals surface area contributed by atoms with Crippen LogP contribution in [0.15, 0.2) is 109 Å². The molecule has 0 aliphatic carbocycles. The topological polar surface area (TPSA) is 179 Å². The van der Waals surface area contributed by atoms with Gasteiger partial charge >= 0.3 is 12.4 Å². The molecule has 0 aliphatic heterocycles. The fourth-order valence-corrected chi connectivity index (χ4v) is 7.19. The number of aromatic nitrogens is 2. The van der Waals surface area contributed by atoms with E-state index in [9.17, 15) is 56.8 Å². The van der Waals surface area contributed by atoms with Gasteiger partial charge in [-0.15, -0.1) is 0 Å². The highest BCUT2D eigenvalue weighted by Gasteiger charge is 2.57. The number of benzene rings is 4. The molecule has 64 heavy (non-hydrogen) atoms. The lowest BCUT2D eigenvalue weighted by atomic mass is 9.92. The number of aliphatic hydroxyl groups is 2. The lowest BCUT2D eigenvalue weighted by Gasteiger charge is -2.30. The van der Waals surface area contributed by atoms with Gasteiger partial charge < -0.3 is 39.5 Å². The monoisotopic (exact) mass is 902 g/mol. The highest BCUT2D eigenvalue weighted by atomic mass is 19.4. The van der Waals surface area contributed by atoms with Crippen molar-refractivity contribution >= 4 is 33.2 Å². The van der Waals surface area contributed by atoms with Crippen LogP contribution in [0.25, 0.3) is 21.8 Å². The summed E-state index contributed by atoms with van der Waals surface area (Å²) >= 11 is 0. The molecule has 2 heterocycles. The van der Waals surface area contributed by atoms with E-state index in [1.165, 1.54) is 60.0 Å². The summed E-state index contributed by atoms with van der Waals surface area (Å²) in [4.78, 5) is 21.3. The molecule has 0 amide bonds. The van der Waals surface area contributed by atoms with Crippen LogP contribution in [0, 0.1) is 20.2 Å². The lowest BCUT2D eigenvalue weighted by molar-refractivity contribution is -0.384. The third-order valence-corrected chi connectivity index (χ3v) is 10.5. The molecule has 2 aromatic heterocycles. The molecular formula is C44H48F6N6O8. The molecule has 0 saturated heterocycles. The lowest BCUT2D eigenvalue weighted by Crippen LogP contribution is -2.50. The molecule has 0 bridgehead atoms. The molecule has 2 unspecified atom stereocenters. The largest absolute Gasteiger partial charge is 0.422 e. The number of hydrogen-bond donors (Lipinski definition) is 4. The molecule has 0 radical (unpaired) electrons. The van der Waals surface area contributed by atoms with E-state index in [1.54, 1.807) is 48.5 Å². The Kier molecular flexibility index (Phi) is 16.3. The van der Waals surface area contributed by atoms with Gasteiger partial charge in [-0.2, -0.15) is 26.3 Å². The van der Waals surface area contributed by atoms with Crippen molar-refractivity contribution in [1.29, 1.82) is 0 Å². The maximum Gasteiger partial charge on any atom is 0.422 e. The molecule has 0 fully saturated rings. The predicted molar refractivity (Wildman–Crippen MR) is 227 cm³/mol. The van der Waals surface area contributed by atoms with Crippen LogP contribution in [-0.4, -0.2) is 95.2 Å². The number of nitro benzene ring substituents is 2. The van der Waals surface area contributed by atoms with Crippen molar-refractivity contribution in [2.75, 3.05) is 53.6 Å². The fraction of sp³-hybridized carbons (Fsp3) is 0.364. The second-order valence-electron chi connectivity index (χ2n) is 15.0. The number of fused-ring (bicyclic) bond motifs is 2. The number of non-ortho nitro benzene ring substituents is 2. The van der Waals surface area contributed by atoms with Crippen LogP contribution >= 0.6 is 0 Å². The van der Waals surface area contributed by atoms with Crippen LogP contribution in [0.1, 0.15) is 35.1 Å². The number of ether oxygens (including phenoxy) is 2. The SMILES string of the molecule is COCCCNCC(O)(c1cn(Cc2ccccc2)c2cc([N+](=O)[O-])ccc12)C(F)(F)F.COCCCNCC(O)(c1cn(Cc2ccccc2)c2cc([N+](=O)[O-])ccc12)C(F)(F)F. The zero-order valence-corrected chi connectivity index (χ0v) is 34.9. The Morgan fingerprint density at radius 1 is 0.594 bits per heavy atom. The van der Waals surface area contributed by atoms with Crippen molar-refractivity contribution in [2.24, 2.45) is 0 Å². The molecule has 6 rings (SSSR count). The summed E-state index contributed by atoms with van der Waals surface area (Å²) in [5.41, 5.74) is -5.50. The first-order valence-corrected chi connectivity index (χ1v) is 20.0. The summed E-state index contributed by atoms with van der Waals surface area (Å²) in [5, 5.41) is 49.7. The Balaban J connectivity index is 0.000000241. The van der Waals surface area contributed by atoms with Crippen LogP contribution in [0.3, 0.4) is 0 Å². The standard InChI is InChI=1S/2C22H24F3N3O4/c2*1-32-11-5-10-26-15-21(29,22(23,24)25)19-14-27(13-16-6-3-2-4-7-16)20-12-17(28(30)31)8-9-18(19)20/h2*2-4,6-9,12,14,26,29H,5,10-11,13,15H2,1H3. The minimum Gasteiger partial charge on any atom is -0.385 e. The van der Waals surface area contributed by atoms with E-state index in [0.29, 0.717) is 26.1 Å². The Morgan fingerprint density at radius 3 is 1.27 bits per heavy atom. The third kappa shape index (κ3) is 11.4. The van der Waals surface area contributed by atoms with Crippen LogP contribution in [0.4, 0.5) is 37.7 Å². The molecule has 2 atom stereocenters. The Morgan fingerprint density at radius 2 is 0.953 bits per heavy atom. The van der Waals surface area contributed by atoms with Crippen LogP contribution in [0.5, 0.6) is 0 Å². The van der Waals surface area contributed by atoms with Gasteiger partial charge in [-0.1, -0.05) is 60.7 Å². The predicted octanol–water partition coefficient (Wildman–Crippen LogP) is 7.95. The van der Waals surface area contributed by atoms with E-state index in [2.05, 4.69) is 10.6 Å². The third-order valence-electron chi connectivity index (χ3n) is 10.5. The van der Waals surface area contributed by atoms with E-state index in [0.717, 1.165) is 23.3 Å². The molecule has 0 aliphatic rings. The van der Waals surface area contributed by atoms with Gasteiger partial charge in [0.15, 0.2) is 11.2 Å². The molecule has 6 aromatic rings. The number of hydrogen-bond acceptors (Lipinski definition) is 10. The number of alkyl halides is 6. The zero-order valence-electron chi connectivity index (χ0n) is 34.9. The molecule has 4 N–H and O–H groups in total. The Hall–Kier alpha value is -5.90. The summed E-state index contributed by atoms with van der Waals surface area (Å²) in [6.07, 6.45) is -6.54. The highest BCUT2D eigenvalue weighted by Crippen LogP contribution is 2.44. The highest BCUT2D eigenvalue weighted by molar-refractivity contribution is 5.88. The number of nitrogens with zero attached hydrogens (tertiary/aromatic N) is 4. The summed E-state index contributed by atoms with van der Waals surface area (Å²) in [5.74, 6) is 0. The molecular weight excluding hydrogens is 855 g/mol. The summed E-state index contributed by atoms with van der Waals surface area (Å²) in [7, 11) is 2.99. The summed E-state index contributed by atoms with van der Waals surface area (Å²) < 4.78 is 97.4. The molecule has 20 heteroatoms. The quantitative estimate of drug-likeness (QED) is 0.0254. The normalized spacial score (nSPS) is 13.9. The van der Waals surface area contributed by atoms with Crippen LogP contribution in [-0.2, 0) is 33.8 Å². The first-order chi connectivity index (χ1) is 30.3. The maximum atomic E-state index is 14.1. The van der Waals surface area contributed by atoms with E-state index in [4.69, 9.17) is 9.47 Å². The van der Waals surface area contributed by atoms with E-state index >= 15 is 0 Å². The molecule has 4 aromatic carbocycles. The van der Waals surface area contributed by atoms with Gasteiger partial charge in [-0.05, 0) is 49.2 Å². The summed E-state index contributed by atoms with van der Waals surface area (Å²) in [6.45, 7) is 0.0421. The number of methoxy groups -OCH3 is 2. The maximum absolute atomic E-state index is 14.1. The van der Waals surface area contributed by atoms with Crippen molar-refractivity contribution in [1.82, 2.24) is 19.8 Å². The minimum atomic E-state index is -4.98. The molecule has 0 saturated carbocycles. The number of nitro groups is 2. The zero-order chi connectivity index (χ0) is 46.7. The van der Waals surface area contributed by atoms with E-state index in [1.807, 2.05) is 12.1 Å². The molecule has 344 valence electrons. The summed E-state index contributed by atoms with van der Waals surface area (Å²) in [6, 6.07) is 25.2. The van der Waals surface area contributed by atoms with Gasteiger partial charge in [-0.25, -0.2) is 0 Å². The van der Waals surface area contributed by atoms with E-state index in [-0.39, 0.29) is 70.5 Å². The van der Waals surface area contributed by atoms with Gasteiger partial charge in [0.2, 0.25) is 0 Å². The van der Waals surface area contributed by atoms with Gasteiger partial charge in [0.1, 0.15) is 0 Å². The van der Waals surface area contributed by atoms with E-state index < -0.39 is 46.5 Å².